The number of aromatic nitrogens is 1. The van der Waals surface area contributed by atoms with Crippen molar-refractivity contribution in [3.8, 4) is 5.75 Å². The molecule has 1 aliphatic rings. The average molecular weight is 398 g/mol. The molecule has 0 radical (unpaired) electrons. The molecule has 1 saturated heterocycles. The van der Waals surface area contributed by atoms with Crippen LogP contribution in [0.1, 0.15) is 17.2 Å². The van der Waals surface area contributed by atoms with Crippen LogP contribution in [0, 0.1) is 0 Å². The van der Waals surface area contributed by atoms with Crippen molar-refractivity contribution in [1.29, 1.82) is 0 Å². The molecule has 1 aromatic heterocycles. The second-order valence-corrected chi connectivity index (χ2v) is 7.57. The maximum absolute atomic E-state index is 11.0. The number of halogens is 1. The highest BCUT2D eigenvalue weighted by molar-refractivity contribution is 6.30. The van der Waals surface area contributed by atoms with E-state index in [9.17, 15) is 10.2 Å². The first-order valence-electron chi connectivity index (χ1n) is 9.56. The van der Waals surface area contributed by atoms with E-state index < -0.39 is 0 Å². The molecule has 1 fully saturated rings. The second-order valence-electron chi connectivity index (χ2n) is 7.13. The zero-order valence-electron chi connectivity index (χ0n) is 15.6. The van der Waals surface area contributed by atoms with Gasteiger partial charge in [-0.15, -0.1) is 0 Å². The number of hydrogen-bond acceptors (Lipinski definition) is 5. The molecule has 2 N–H and O–H groups in total. The number of β-amino-alcohol motifs (C(OH)–C–C–N with tert-alkyl or cyclic N) is 1. The molecule has 0 bridgehead atoms. The van der Waals surface area contributed by atoms with E-state index >= 15 is 0 Å². The van der Waals surface area contributed by atoms with Crippen molar-refractivity contribution >= 4 is 22.5 Å². The van der Waals surface area contributed by atoms with Gasteiger partial charge in [0.2, 0.25) is 0 Å². The number of fused-ring (bicyclic) bond motifs is 1. The molecule has 146 valence electrons. The number of aromatic hydroxyl groups is 1. The van der Waals surface area contributed by atoms with Crippen LogP contribution in [0.3, 0.4) is 0 Å². The van der Waals surface area contributed by atoms with Crippen molar-refractivity contribution in [3.05, 3.63) is 70.9 Å². The highest BCUT2D eigenvalue weighted by Gasteiger charge is 2.28. The number of benzene rings is 2. The van der Waals surface area contributed by atoms with E-state index in [0.29, 0.717) is 17.1 Å². The smallest absolute Gasteiger partial charge is 0.146 e. The monoisotopic (exact) mass is 397 g/mol. The third-order valence-electron chi connectivity index (χ3n) is 5.45. The van der Waals surface area contributed by atoms with E-state index in [0.717, 1.165) is 42.7 Å². The Balaban J connectivity index is 1.74. The van der Waals surface area contributed by atoms with Crippen molar-refractivity contribution in [1.82, 2.24) is 14.8 Å². The van der Waals surface area contributed by atoms with Gasteiger partial charge in [0.1, 0.15) is 11.3 Å². The molecule has 0 amide bonds. The van der Waals surface area contributed by atoms with Gasteiger partial charge in [0.15, 0.2) is 0 Å². The number of rotatable bonds is 5. The highest BCUT2D eigenvalue weighted by Crippen LogP contribution is 2.38. The lowest BCUT2D eigenvalue weighted by Crippen LogP contribution is -2.48. The zero-order chi connectivity index (χ0) is 19.5. The zero-order valence-corrected chi connectivity index (χ0v) is 16.4. The summed E-state index contributed by atoms with van der Waals surface area (Å²) in [4.78, 5) is 9.02. The van der Waals surface area contributed by atoms with Gasteiger partial charge in [0, 0.05) is 54.9 Å². The van der Waals surface area contributed by atoms with Gasteiger partial charge < -0.3 is 10.2 Å². The van der Waals surface area contributed by atoms with Crippen LogP contribution in [0.4, 0.5) is 0 Å². The number of pyridine rings is 1. The van der Waals surface area contributed by atoms with Gasteiger partial charge in [-0.05, 0) is 23.8 Å². The fraction of sp³-hybridized carbons (Fsp3) is 0.318. The van der Waals surface area contributed by atoms with Crippen LogP contribution in [-0.4, -0.2) is 64.3 Å². The molecule has 4 rings (SSSR count). The third-order valence-corrected chi connectivity index (χ3v) is 5.70. The predicted molar refractivity (Wildman–Crippen MR) is 112 cm³/mol. The molecule has 2 heterocycles. The normalized spacial score (nSPS) is 17.1. The minimum absolute atomic E-state index is 0.0834. The standard InChI is InChI=1S/C22H24ClN3O2/c23-18-6-3-17(4-7-18)21(26-12-10-25(11-13-26)14-15-27)19-8-5-16-2-1-9-24-20(16)22(19)28/h1-9,21,27-28H,10-15H2/t21-/m1/s1. The summed E-state index contributed by atoms with van der Waals surface area (Å²) in [6.45, 7) is 4.36. The van der Waals surface area contributed by atoms with Gasteiger partial charge in [-0.25, -0.2) is 0 Å². The largest absolute Gasteiger partial charge is 0.505 e. The van der Waals surface area contributed by atoms with Crippen molar-refractivity contribution in [3.63, 3.8) is 0 Å². The first kappa shape index (κ1) is 19.2. The van der Waals surface area contributed by atoms with E-state index in [1.807, 2.05) is 48.5 Å². The molecule has 5 nitrogen and oxygen atoms in total. The topological polar surface area (TPSA) is 59.8 Å². The van der Waals surface area contributed by atoms with Crippen LogP contribution in [-0.2, 0) is 0 Å². The molecule has 0 unspecified atom stereocenters. The van der Waals surface area contributed by atoms with Gasteiger partial charge in [-0.2, -0.15) is 0 Å². The summed E-state index contributed by atoms with van der Waals surface area (Å²) >= 11 is 6.11. The lowest BCUT2D eigenvalue weighted by Gasteiger charge is -2.39. The highest BCUT2D eigenvalue weighted by atomic mass is 35.5. The van der Waals surface area contributed by atoms with Crippen molar-refractivity contribution in [2.24, 2.45) is 0 Å². The number of hydrogen-bond donors (Lipinski definition) is 2. The van der Waals surface area contributed by atoms with Gasteiger partial charge in [0.05, 0.1) is 12.6 Å². The number of aliphatic hydroxyl groups excluding tert-OH is 1. The molecule has 0 aliphatic carbocycles. The van der Waals surface area contributed by atoms with Crippen molar-refractivity contribution < 1.29 is 10.2 Å². The number of phenols is 1. The summed E-state index contributed by atoms with van der Waals surface area (Å²) in [5, 5.41) is 21.9. The number of nitrogens with zero attached hydrogens (tertiary/aromatic N) is 3. The fourth-order valence-corrected chi connectivity index (χ4v) is 4.11. The summed E-state index contributed by atoms with van der Waals surface area (Å²) in [6.07, 6.45) is 1.71. The SMILES string of the molecule is OCCN1CCN([C@H](c2ccc(Cl)cc2)c2ccc3cccnc3c2O)CC1. The molecular formula is C22H24ClN3O2. The Kier molecular flexibility index (Phi) is 5.78. The van der Waals surface area contributed by atoms with Crippen LogP contribution >= 0.6 is 11.6 Å². The summed E-state index contributed by atoms with van der Waals surface area (Å²) in [5.41, 5.74) is 2.56. The van der Waals surface area contributed by atoms with Crippen molar-refractivity contribution in [2.45, 2.75) is 6.04 Å². The molecule has 1 atom stereocenters. The fourth-order valence-electron chi connectivity index (χ4n) is 3.98. The summed E-state index contributed by atoms with van der Waals surface area (Å²) in [7, 11) is 0. The Bertz CT molecular complexity index is 940. The molecule has 1 aliphatic heterocycles. The van der Waals surface area contributed by atoms with Crippen LogP contribution in [0.5, 0.6) is 5.75 Å². The maximum atomic E-state index is 11.0. The minimum atomic E-state index is -0.0834. The Labute approximate surface area is 169 Å². The predicted octanol–water partition coefficient (Wildman–Crippen LogP) is 3.29. The van der Waals surface area contributed by atoms with Crippen LogP contribution in [0.15, 0.2) is 54.7 Å². The Morgan fingerprint density at radius 2 is 1.75 bits per heavy atom. The summed E-state index contributed by atoms with van der Waals surface area (Å²) < 4.78 is 0. The van der Waals surface area contributed by atoms with Crippen LogP contribution in [0.2, 0.25) is 5.02 Å². The lowest BCUT2D eigenvalue weighted by atomic mass is 9.94. The quantitative estimate of drug-likeness (QED) is 0.691. The van der Waals surface area contributed by atoms with Gasteiger partial charge >= 0.3 is 0 Å². The van der Waals surface area contributed by atoms with Gasteiger partial charge in [0.25, 0.3) is 0 Å². The van der Waals surface area contributed by atoms with E-state index in [1.54, 1.807) is 6.20 Å². The second kappa shape index (κ2) is 8.45. The van der Waals surface area contributed by atoms with E-state index in [2.05, 4.69) is 14.8 Å². The Morgan fingerprint density at radius 1 is 1.00 bits per heavy atom. The van der Waals surface area contributed by atoms with E-state index in [1.165, 1.54) is 0 Å². The lowest BCUT2D eigenvalue weighted by molar-refractivity contribution is 0.0938. The number of aliphatic hydroxyl groups is 1. The minimum Gasteiger partial charge on any atom is -0.505 e. The summed E-state index contributed by atoms with van der Waals surface area (Å²) in [6, 6.07) is 15.6. The van der Waals surface area contributed by atoms with Crippen molar-refractivity contribution in [2.75, 3.05) is 39.3 Å². The van der Waals surface area contributed by atoms with Crippen LogP contribution in [0.25, 0.3) is 10.9 Å². The first-order chi connectivity index (χ1) is 13.7. The van der Waals surface area contributed by atoms with Gasteiger partial charge in [-0.3, -0.25) is 14.8 Å². The molecule has 0 saturated carbocycles. The molecule has 28 heavy (non-hydrogen) atoms. The molecule has 6 heteroatoms. The third kappa shape index (κ3) is 3.84. The molecule has 2 aromatic carbocycles. The number of piperazine rings is 1. The maximum Gasteiger partial charge on any atom is 0.146 e. The average Bonchev–Trinajstić information content (AvgIpc) is 2.73. The van der Waals surface area contributed by atoms with E-state index in [4.69, 9.17) is 11.6 Å². The molecular weight excluding hydrogens is 374 g/mol. The first-order valence-corrected chi connectivity index (χ1v) is 9.94. The van der Waals surface area contributed by atoms with Gasteiger partial charge in [-0.1, -0.05) is 41.9 Å². The van der Waals surface area contributed by atoms with Crippen LogP contribution < -0.4 is 0 Å². The molecule has 0 spiro atoms. The number of phenolic OH excluding ortho intramolecular Hbond substituents is 1. The summed E-state index contributed by atoms with van der Waals surface area (Å²) in [5.74, 6) is 0.232. The Morgan fingerprint density at radius 3 is 2.46 bits per heavy atom. The van der Waals surface area contributed by atoms with E-state index in [-0.39, 0.29) is 18.4 Å². The Hall–Kier alpha value is -2.18. The molecule has 3 aromatic rings.